The van der Waals surface area contributed by atoms with E-state index in [1.165, 1.54) is 10.9 Å². The van der Waals surface area contributed by atoms with Gasteiger partial charge in [0, 0.05) is 42.6 Å². The van der Waals surface area contributed by atoms with Gasteiger partial charge in [-0.05, 0) is 45.1 Å². The number of rotatable bonds is 9. The zero-order chi connectivity index (χ0) is 19.1. The molecule has 3 aromatic rings. The van der Waals surface area contributed by atoms with Crippen LogP contribution in [0.3, 0.4) is 0 Å². The first-order valence-electron chi connectivity index (χ1n) is 9.17. The van der Waals surface area contributed by atoms with Crippen LogP contribution < -0.4 is 10.6 Å². The fraction of sp³-hybridized carbons (Fsp3) is 0.350. The summed E-state index contributed by atoms with van der Waals surface area (Å²) in [4.78, 5) is 26.1. The summed E-state index contributed by atoms with van der Waals surface area (Å²) < 4.78 is 0. The highest BCUT2D eigenvalue weighted by Crippen LogP contribution is 2.17. The Morgan fingerprint density at radius 3 is 2.70 bits per heavy atom. The molecule has 1 aromatic carbocycles. The van der Waals surface area contributed by atoms with Crippen molar-refractivity contribution in [3.8, 4) is 0 Å². The lowest BCUT2D eigenvalue weighted by Crippen LogP contribution is -2.26. The number of para-hydroxylation sites is 1. The SMILES string of the molecule is CN(C)CCCNc1ncc(C(=O)NCCc2c[nH]c3ccccc23)cn1. The summed E-state index contributed by atoms with van der Waals surface area (Å²) in [6, 6.07) is 8.16. The standard InChI is InChI=1S/C20H26N6O/c1-26(2)11-5-9-22-20-24-13-16(14-25-20)19(27)21-10-8-15-12-23-18-7-4-3-6-17(15)18/h3-4,6-7,12-14,23H,5,8-11H2,1-2H3,(H,21,27)(H,22,24,25). The minimum absolute atomic E-state index is 0.158. The van der Waals surface area contributed by atoms with Gasteiger partial charge >= 0.3 is 0 Å². The predicted molar refractivity (Wildman–Crippen MR) is 108 cm³/mol. The molecule has 1 amide bonds. The summed E-state index contributed by atoms with van der Waals surface area (Å²) >= 11 is 0. The van der Waals surface area contributed by atoms with Crippen molar-refractivity contribution in [2.24, 2.45) is 0 Å². The van der Waals surface area contributed by atoms with Crippen molar-refractivity contribution in [2.75, 3.05) is 39.0 Å². The summed E-state index contributed by atoms with van der Waals surface area (Å²) in [6.07, 6.45) is 6.88. The van der Waals surface area contributed by atoms with E-state index in [1.807, 2.05) is 38.5 Å². The Balaban J connectivity index is 1.45. The van der Waals surface area contributed by atoms with E-state index in [1.54, 1.807) is 12.4 Å². The van der Waals surface area contributed by atoms with Gasteiger partial charge in [-0.3, -0.25) is 4.79 Å². The van der Waals surface area contributed by atoms with E-state index in [0.29, 0.717) is 18.1 Å². The van der Waals surface area contributed by atoms with Crippen LogP contribution in [0.2, 0.25) is 0 Å². The Bertz CT molecular complexity index is 872. The van der Waals surface area contributed by atoms with Crippen molar-refractivity contribution in [3.05, 3.63) is 54.0 Å². The van der Waals surface area contributed by atoms with Gasteiger partial charge in [-0.1, -0.05) is 18.2 Å². The molecular formula is C20H26N6O. The number of hydrogen-bond acceptors (Lipinski definition) is 5. The molecular weight excluding hydrogens is 340 g/mol. The maximum absolute atomic E-state index is 12.3. The first-order chi connectivity index (χ1) is 13.1. The van der Waals surface area contributed by atoms with Crippen LogP contribution in [0, 0.1) is 0 Å². The van der Waals surface area contributed by atoms with Crippen LogP contribution in [-0.2, 0) is 6.42 Å². The molecule has 7 heteroatoms. The average molecular weight is 366 g/mol. The molecule has 142 valence electrons. The van der Waals surface area contributed by atoms with Crippen molar-refractivity contribution in [3.63, 3.8) is 0 Å². The molecule has 7 nitrogen and oxygen atoms in total. The highest BCUT2D eigenvalue weighted by molar-refractivity contribution is 5.93. The molecule has 2 heterocycles. The third-order valence-electron chi connectivity index (χ3n) is 4.33. The average Bonchev–Trinajstić information content (AvgIpc) is 3.09. The van der Waals surface area contributed by atoms with Crippen LogP contribution in [0.1, 0.15) is 22.3 Å². The van der Waals surface area contributed by atoms with Gasteiger partial charge in [0.15, 0.2) is 0 Å². The van der Waals surface area contributed by atoms with Crippen molar-refractivity contribution < 1.29 is 4.79 Å². The number of amides is 1. The Hall–Kier alpha value is -2.93. The monoisotopic (exact) mass is 366 g/mol. The largest absolute Gasteiger partial charge is 0.361 e. The van der Waals surface area contributed by atoms with E-state index in [2.05, 4.69) is 36.6 Å². The van der Waals surface area contributed by atoms with Crippen LogP contribution in [0.4, 0.5) is 5.95 Å². The van der Waals surface area contributed by atoms with E-state index in [0.717, 1.165) is 31.4 Å². The van der Waals surface area contributed by atoms with E-state index in [9.17, 15) is 4.79 Å². The van der Waals surface area contributed by atoms with Crippen molar-refractivity contribution >= 4 is 22.8 Å². The number of nitrogens with zero attached hydrogens (tertiary/aromatic N) is 3. The van der Waals surface area contributed by atoms with Crippen molar-refractivity contribution in [1.29, 1.82) is 0 Å². The van der Waals surface area contributed by atoms with Crippen LogP contribution in [0.15, 0.2) is 42.9 Å². The molecule has 3 rings (SSSR count). The van der Waals surface area contributed by atoms with Gasteiger partial charge in [-0.2, -0.15) is 0 Å². The fourth-order valence-corrected chi connectivity index (χ4v) is 2.88. The van der Waals surface area contributed by atoms with E-state index in [4.69, 9.17) is 0 Å². The Kier molecular flexibility index (Phi) is 6.38. The van der Waals surface area contributed by atoms with Gasteiger partial charge < -0.3 is 20.5 Å². The second-order valence-corrected chi connectivity index (χ2v) is 6.74. The molecule has 0 atom stereocenters. The first kappa shape index (κ1) is 18.8. The second kappa shape index (κ2) is 9.14. The topological polar surface area (TPSA) is 85.9 Å². The molecule has 0 saturated carbocycles. The van der Waals surface area contributed by atoms with Gasteiger partial charge in [-0.15, -0.1) is 0 Å². The lowest BCUT2D eigenvalue weighted by molar-refractivity contribution is 0.0953. The van der Waals surface area contributed by atoms with Gasteiger partial charge in [-0.25, -0.2) is 9.97 Å². The number of carbonyl (C=O) groups excluding carboxylic acids is 1. The van der Waals surface area contributed by atoms with Crippen LogP contribution in [-0.4, -0.2) is 59.5 Å². The minimum Gasteiger partial charge on any atom is -0.361 e. The molecule has 0 aliphatic heterocycles. The van der Waals surface area contributed by atoms with E-state index >= 15 is 0 Å². The number of fused-ring (bicyclic) bond motifs is 1. The van der Waals surface area contributed by atoms with Crippen LogP contribution in [0.5, 0.6) is 0 Å². The molecule has 0 spiro atoms. The molecule has 0 radical (unpaired) electrons. The van der Waals surface area contributed by atoms with E-state index < -0.39 is 0 Å². The maximum atomic E-state index is 12.3. The smallest absolute Gasteiger partial charge is 0.254 e. The molecule has 0 unspecified atom stereocenters. The number of aromatic nitrogens is 3. The second-order valence-electron chi connectivity index (χ2n) is 6.74. The summed E-state index contributed by atoms with van der Waals surface area (Å²) in [7, 11) is 4.09. The molecule has 0 aliphatic rings. The molecule has 0 bridgehead atoms. The lowest BCUT2D eigenvalue weighted by Gasteiger charge is -2.10. The summed E-state index contributed by atoms with van der Waals surface area (Å²) in [5.41, 5.74) is 2.77. The zero-order valence-corrected chi connectivity index (χ0v) is 15.8. The normalized spacial score (nSPS) is 11.1. The number of anilines is 1. The Labute approximate surface area is 159 Å². The van der Waals surface area contributed by atoms with Gasteiger partial charge in [0.25, 0.3) is 5.91 Å². The van der Waals surface area contributed by atoms with Crippen molar-refractivity contribution in [2.45, 2.75) is 12.8 Å². The summed E-state index contributed by atoms with van der Waals surface area (Å²) in [6.45, 7) is 2.36. The van der Waals surface area contributed by atoms with Crippen molar-refractivity contribution in [1.82, 2.24) is 25.2 Å². The lowest BCUT2D eigenvalue weighted by atomic mass is 10.1. The number of carbonyl (C=O) groups is 1. The number of nitrogens with one attached hydrogen (secondary N) is 3. The number of H-pyrrole nitrogens is 1. The number of aromatic amines is 1. The highest BCUT2D eigenvalue weighted by Gasteiger charge is 2.08. The molecule has 0 fully saturated rings. The number of hydrogen-bond donors (Lipinski definition) is 3. The predicted octanol–water partition coefficient (Wildman–Crippen LogP) is 2.29. The van der Waals surface area contributed by atoms with E-state index in [-0.39, 0.29) is 5.91 Å². The Morgan fingerprint density at radius 2 is 1.93 bits per heavy atom. The molecule has 27 heavy (non-hydrogen) atoms. The molecule has 3 N–H and O–H groups in total. The molecule has 2 aromatic heterocycles. The Morgan fingerprint density at radius 1 is 1.15 bits per heavy atom. The van der Waals surface area contributed by atoms with Gasteiger partial charge in [0.1, 0.15) is 0 Å². The number of benzene rings is 1. The fourth-order valence-electron chi connectivity index (χ4n) is 2.88. The molecule has 0 aliphatic carbocycles. The summed E-state index contributed by atoms with van der Waals surface area (Å²) in [5.74, 6) is 0.387. The van der Waals surface area contributed by atoms with Crippen LogP contribution >= 0.6 is 0 Å². The molecule has 0 saturated heterocycles. The summed E-state index contributed by atoms with van der Waals surface area (Å²) in [5, 5.41) is 7.28. The minimum atomic E-state index is -0.158. The zero-order valence-electron chi connectivity index (χ0n) is 15.8. The maximum Gasteiger partial charge on any atom is 0.254 e. The van der Waals surface area contributed by atoms with Crippen LogP contribution in [0.25, 0.3) is 10.9 Å². The quantitative estimate of drug-likeness (QED) is 0.506. The first-order valence-corrected chi connectivity index (χ1v) is 9.17. The van der Waals surface area contributed by atoms with Gasteiger partial charge in [0.05, 0.1) is 5.56 Å². The van der Waals surface area contributed by atoms with Gasteiger partial charge in [0.2, 0.25) is 5.95 Å². The highest BCUT2D eigenvalue weighted by atomic mass is 16.1. The third-order valence-corrected chi connectivity index (χ3v) is 4.33. The third kappa shape index (κ3) is 5.27.